The zero-order valence-corrected chi connectivity index (χ0v) is 14.3. The fraction of sp³-hybridized carbons (Fsp3) is 0.500. The summed E-state index contributed by atoms with van der Waals surface area (Å²) < 4.78 is 27.8. The molecule has 0 saturated heterocycles. The summed E-state index contributed by atoms with van der Waals surface area (Å²) in [6.07, 6.45) is 3.13. The number of hydrogen-bond acceptors (Lipinski definition) is 3. The van der Waals surface area contributed by atoms with Crippen molar-refractivity contribution in [1.29, 1.82) is 0 Å². The highest BCUT2D eigenvalue weighted by Crippen LogP contribution is 2.33. The summed E-state index contributed by atoms with van der Waals surface area (Å²) in [5.74, 6) is -0.529. The molecule has 0 heterocycles. The molecule has 21 heavy (non-hydrogen) atoms. The number of sulfonamides is 1. The largest absolute Gasteiger partial charge is 0.478 e. The van der Waals surface area contributed by atoms with Crippen LogP contribution in [0.3, 0.4) is 0 Å². The second kappa shape index (κ2) is 6.06. The van der Waals surface area contributed by atoms with E-state index in [-0.39, 0.29) is 16.5 Å². The van der Waals surface area contributed by atoms with Gasteiger partial charge in [-0.2, -0.15) is 0 Å². The Kier molecular flexibility index (Phi) is 4.75. The van der Waals surface area contributed by atoms with Crippen molar-refractivity contribution in [1.82, 2.24) is 4.72 Å². The molecule has 0 aromatic heterocycles. The van der Waals surface area contributed by atoms with Crippen molar-refractivity contribution in [2.24, 2.45) is 5.92 Å². The third kappa shape index (κ3) is 4.05. The normalized spacial score (nSPS) is 16.7. The predicted molar refractivity (Wildman–Crippen MR) is 83.0 cm³/mol. The van der Waals surface area contributed by atoms with Gasteiger partial charge in [-0.3, -0.25) is 0 Å². The maximum atomic E-state index is 12.4. The first-order chi connectivity index (χ1) is 9.70. The molecule has 1 saturated carbocycles. The van der Waals surface area contributed by atoms with E-state index in [0.29, 0.717) is 16.0 Å². The number of halogens is 1. The van der Waals surface area contributed by atoms with E-state index in [2.05, 4.69) is 20.7 Å². The van der Waals surface area contributed by atoms with Gasteiger partial charge in [0.25, 0.3) is 0 Å². The average Bonchev–Trinajstić information content (AvgIpc) is 3.14. The Morgan fingerprint density at radius 2 is 2.10 bits per heavy atom. The molecule has 1 unspecified atom stereocenters. The summed E-state index contributed by atoms with van der Waals surface area (Å²) in [6, 6.07) is 2.48. The van der Waals surface area contributed by atoms with E-state index in [4.69, 9.17) is 5.11 Å². The average molecular weight is 376 g/mol. The van der Waals surface area contributed by atoms with Crippen LogP contribution in [0.2, 0.25) is 0 Å². The van der Waals surface area contributed by atoms with Crippen molar-refractivity contribution in [3.8, 4) is 0 Å². The van der Waals surface area contributed by atoms with E-state index in [9.17, 15) is 13.2 Å². The Morgan fingerprint density at radius 3 is 2.62 bits per heavy atom. The number of carboxylic acids is 1. The molecule has 1 fully saturated rings. The highest BCUT2D eigenvalue weighted by molar-refractivity contribution is 9.10. The summed E-state index contributed by atoms with van der Waals surface area (Å²) in [5.41, 5.74) is 0.493. The van der Waals surface area contributed by atoms with Gasteiger partial charge >= 0.3 is 5.97 Å². The Hall–Kier alpha value is -0.920. The standard InChI is InChI=1S/C14H18BrNO4S/c1-8(5-10-3-4-10)16-21(19,20)11-6-12(14(17)18)9(2)13(15)7-11/h6-8,10,16H,3-5H2,1-2H3,(H,17,18). The van der Waals surface area contributed by atoms with Crippen LogP contribution in [0.25, 0.3) is 0 Å². The van der Waals surface area contributed by atoms with Gasteiger partial charge in [-0.25, -0.2) is 17.9 Å². The number of aromatic carboxylic acids is 1. The van der Waals surface area contributed by atoms with E-state index >= 15 is 0 Å². The number of benzene rings is 1. The van der Waals surface area contributed by atoms with Crippen LogP contribution in [0.4, 0.5) is 0 Å². The second-order valence-electron chi connectivity index (χ2n) is 5.58. The van der Waals surface area contributed by atoms with E-state index in [0.717, 1.165) is 19.3 Å². The van der Waals surface area contributed by atoms with Crippen molar-refractivity contribution in [3.05, 3.63) is 27.7 Å². The molecule has 2 rings (SSSR count). The maximum absolute atomic E-state index is 12.4. The van der Waals surface area contributed by atoms with E-state index in [1.807, 2.05) is 6.92 Å². The Bertz CT molecular complexity index is 668. The summed E-state index contributed by atoms with van der Waals surface area (Å²) in [5, 5.41) is 9.15. The van der Waals surface area contributed by atoms with Gasteiger partial charge in [0.05, 0.1) is 10.5 Å². The van der Waals surface area contributed by atoms with Gasteiger partial charge in [0.1, 0.15) is 0 Å². The van der Waals surface area contributed by atoms with Crippen LogP contribution in [0.15, 0.2) is 21.5 Å². The third-order valence-electron chi connectivity index (χ3n) is 3.60. The molecule has 0 bridgehead atoms. The number of nitrogens with one attached hydrogen (secondary N) is 1. The predicted octanol–water partition coefficient (Wildman–Crippen LogP) is 2.92. The van der Waals surface area contributed by atoms with Crippen LogP contribution < -0.4 is 4.72 Å². The molecule has 0 radical (unpaired) electrons. The van der Waals surface area contributed by atoms with Crippen LogP contribution in [-0.2, 0) is 10.0 Å². The van der Waals surface area contributed by atoms with E-state index in [1.165, 1.54) is 12.1 Å². The minimum atomic E-state index is -3.72. The minimum Gasteiger partial charge on any atom is -0.478 e. The van der Waals surface area contributed by atoms with Crippen LogP contribution in [0, 0.1) is 12.8 Å². The fourth-order valence-corrected chi connectivity index (χ4v) is 4.19. The molecule has 7 heteroatoms. The molecule has 0 spiro atoms. The van der Waals surface area contributed by atoms with Gasteiger partial charge in [0.15, 0.2) is 0 Å². The smallest absolute Gasteiger partial charge is 0.336 e. The Labute approximate surface area is 132 Å². The molecule has 1 aromatic rings. The summed E-state index contributed by atoms with van der Waals surface area (Å²) in [6.45, 7) is 3.46. The summed E-state index contributed by atoms with van der Waals surface area (Å²) in [4.78, 5) is 11.2. The van der Waals surface area contributed by atoms with Crippen molar-refractivity contribution >= 4 is 31.9 Å². The van der Waals surface area contributed by atoms with Crippen molar-refractivity contribution in [3.63, 3.8) is 0 Å². The third-order valence-corrected chi connectivity index (χ3v) is 5.99. The molecule has 0 amide bonds. The summed E-state index contributed by atoms with van der Waals surface area (Å²) >= 11 is 3.22. The van der Waals surface area contributed by atoms with Crippen molar-refractivity contribution in [2.75, 3.05) is 0 Å². The van der Waals surface area contributed by atoms with Gasteiger partial charge in [-0.1, -0.05) is 28.8 Å². The SMILES string of the molecule is Cc1c(Br)cc(S(=O)(=O)NC(C)CC2CC2)cc1C(=O)O. The number of hydrogen-bond donors (Lipinski definition) is 2. The second-order valence-corrected chi connectivity index (χ2v) is 8.15. The molecule has 0 aliphatic heterocycles. The fourth-order valence-electron chi connectivity index (χ4n) is 2.27. The van der Waals surface area contributed by atoms with Crippen LogP contribution >= 0.6 is 15.9 Å². The molecule has 2 N–H and O–H groups in total. The monoisotopic (exact) mass is 375 g/mol. The minimum absolute atomic E-state index is 0.0143. The summed E-state index contributed by atoms with van der Waals surface area (Å²) in [7, 11) is -3.72. The molecule has 5 nitrogen and oxygen atoms in total. The number of carbonyl (C=O) groups is 1. The lowest BCUT2D eigenvalue weighted by atomic mass is 10.1. The van der Waals surface area contributed by atoms with Gasteiger partial charge in [-0.05, 0) is 43.9 Å². The molecular weight excluding hydrogens is 358 g/mol. The Morgan fingerprint density at radius 1 is 1.48 bits per heavy atom. The van der Waals surface area contributed by atoms with E-state index < -0.39 is 16.0 Å². The van der Waals surface area contributed by atoms with Crippen molar-refractivity contribution in [2.45, 2.75) is 44.0 Å². The molecule has 116 valence electrons. The van der Waals surface area contributed by atoms with Gasteiger partial charge in [-0.15, -0.1) is 0 Å². The quantitative estimate of drug-likeness (QED) is 0.800. The van der Waals surface area contributed by atoms with Crippen LogP contribution in [0.5, 0.6) is 0 Å². The first-order valence-corrected chi connectivity index (χ1v) is 9.04. The zero-order chi connectivity index (χ0) is 15.8. The number of carboxylic acid groups (broad SMARTS) is 1. The zero-order valence-electron chi connectivity index (χ0n) is 11.9. The van der Waals surface area contributed by atoms with Gasteiger partial charge < -0.3 is 5.11 Å². The molecule has 1 atom stereocenters. The molecular formula is C14H18BrNO4S. The lowest BCUT2D eigenvalue weighted by Gasteiger charge is -2.15. The lowest BCUT2D eigenvalue weighted by molar-refractivity contribution is 0.0695. The molecule has 1 aromatic carbocycles. The highest BCUT2D eigenvalue weighted by atomic mass is 79.9. The maximum Gasteiger partial charge on any atom is 0.336 e. The lowest BCUT2D eigenvalue weighted by Crippen LogP contribution is -2.33. The van der Waals surface area contributed by atoms with Crippen molar-refractivity contribution < 1.29 is 18.3 Å². The molecule has 1 aliphatic rings. The van der Waals surface area contributed by atoms with Gasteiger partial charge in [0, 0.05) is 10.5 Å². The van der Waals surface area contributed by atoms with Crippen LogP contribution in [-0.4, -0.2) is 25.5 Å². The molecule has 1 aliphatic carbocycles. The Balaban J connectivity index is 2.28. The van der Waals surface area contributed by atoms with E-state index in [1.54, 1.807) is 6.92 Å². The number of rotatable bonds is 6. The highest BCUT2D eigenvalue weighted by Gasteiger charge is 2.27. The van der Waals surface area contributed by atoms with Gasteiger partial charge in [0.2, 0.25) is 10.0 Å². The van der Waals surface area contributed by atoms with Crippen LogP contribution in [0.1, 0.15) is 42.1 Å². The first kappa shape index (κ1) is 16.5. The topological polar surface area (TPSA) is 83.5 Å². The first-order valence-electron chi connectivity index (χ1n) is 6.76.